The van der Waals surface area contributed by atoms with Gasteiger partial charge in [0.1, 0.15) is 0 Å². The number of ketones is 1. The van der Waals surface area contributed by atoms with Gasteiger partial charge < -0.3 is 15.2 Å². The summed E-state index contributed by atoms with van der Waals surface area (Å²) in [5, 5.41) is 23.5. The van der Waals surface area contributed by atoms with Crippen LogP contribution in [-0.4, -0.2) is 28.7 Å². The zero-order valence-electron chi connectivity index (χ0n) is 13.7. The van der Waals surface area contributed by atoms with Crippen LogP contribution in [0.2, 0.25) is 0 Å². The highest BCUT2D eigenvalue weighted by Crippen LogP contribution is 2.41. The van der Waals surface area contributed by atoms with E-state index in [-0.39, 0.29) is 10.6 Å². The monoisotopic (exact) mass is 296 g/mol. The molecule has 0 radical (unpaired) electrons. The third-order valence-corrected chi connectivity index (χ3v) is 3.51. The van der Waals surface area contributed by atoms with Crippen molar-refractivity contribution in [2.24, 2.45) is 16.1 Å². The van der Waals surface area contributed by atoms with Crippen LogP contribution < -0.4 is 0 Å². The Bertz CT molecular complexity index is 497. The molecule has 0 saturated carbocycles. The molecule has 6 nitrogen and oxygen atoms in total. The first kappa shape index (κ1) is 17.4. The first-order chi connectivity index (χ1) is 9.39. The summed E-state index contributed by atoms with van der Waals surface area (Å²) in [6, 6.07) is 0. The molecule has 0 aliphatic heterocycles. The Morgan fingerprint density at radius 1 is 1.14 bits per heavy atom. The van der Waals surface area contributed by atoms with Crippen LogP contribution in [0.25, 0.3) is 0 Å². The van der Waals surface area contributed by atoms with Gasteiger partial charge in [0.2, 0.25) is 5.28 Å². The number of hydroxylamine groups is 1. The molecule has 118 valence electrons. The van der Waals surface area contributed by atoms with Gasteiger partial charge in [-0.3, -0.25) is 4.79 Å². The maximum atomic E-state index is 12.7. The molecule has 0 fully saturated rings. The molecule has 1 N–H and O–H groups in total. The van der Waals surface area contributed by atoms with E-state index >= 15 is 0 Å². The number of rotatable bonds is 2. The Kier molecular flexibility index (Phi) is 4.34. The van der Waals surface area contributed by atoms with Crippen molar-refractivity contribution in [3.63, 3.8) is 0 Å². The number of nitrogens with zero attached hydrogens (tertiary/aromatic N) is 2. The maximum Gasteiger partial charge on any atom is 0.347 e. The van der Waals surface area contributed by atoms with E-state index in [0.717, 1.165) is 0 Å². The Morgan fingerprint density at radius 3 is 1.76 bits per heavy atom. The topological polar surface area (TPSA) is 85.0 Å². The van der Waals surface area contributed by atoms with Crippen molar-refractivity contribution in [2.45, 2.75) is 47.3 Å². The molecule has 0 amide bonds. The van der Waals surface area contributed by atoms with E-state index in [4.69, 9.17) is 9.94 Å². The minimum absolute atomic E-state index is 0.0525. The van der Waals surface area contributed by atoms with Crippen molar-refractivity contribution in [3.05, 3.63) is 28.5 Å². The Balaban J connectivity index is 3.66. The largest absolute Gasteiger partial charge is 0.594 e. The number of carbonyl (C=O) groups is 1. The lowest BCUT2D eigenvalue weighted by atomic mass is 9.71. The van der Waals surface area contributed by atoms with Crippen molar-refractivity contribution >= 4 is 5.78 Å². The smallest absolute Gasteiger partial charge is 0.347 e. The summed E-state index contributed by atoms with van der Waals surface area (Å²) in [6.45, 7) is 11.3. The first-order valence-electron chi connectivity index (χ1n) is 6.78. The first-order valence-corrected chi connectivity index (χ1v) is 6.78. The molecule has 1 aliphatic carbocycles. The second kappa shape index (κ2) is 5.26. The normalized spacial score (nSPS) is 20.1. The molecule has 1 aliphatic rings. The van der Waals surface area contributed by atoms with Gasteiger partial charge in [-0.25, -0.2) is 0 Å². The molecule has 0 atom stereocenters. The van der Waals surface area contributed by atoms with E-state index in [1.165, 1.54) is 19.3 Å². The summed E-state index contributed by atoms with van der Waals surface area (Å²) in [5.41, 5.74) is -1.64. The Hall–Kier alpha value is -1.69. The molecule has 0 aromatic carbocycles. The lowest BCUT2D eigenvalue weighted by molar-refractivity contribution is -0.652. The third-order valence-electron chi connectivity index (χ3n) is 3.51. The number of allylic oxidation sites excluding steroid dienone is 2. The minimum atomic E-state index is -1.62. The van der Waals surface area contributed by atoms with E-state index < -0.39 is 16.6 Å². The van der Waals surface area contributed by atoms with Gasteiger partial charge in [-0.2, -0.15) is 0 Å². The highest BCUT2D eigenvalue weighted by Gasteiger charge is 2.47. The van der Waals surface area contributed by atoms with E-state index in [9.17, 15) is 10.0 Å². The van der Waals surface area contributed by atoms with Crippen molar-refractivity contribution in [2.75, 3.05) is 7.11 Å². The Labute approximate surface area is 125 Å². The van der Waals surface area contributed by atoms with Crippen LogP contribution in [0.5, 0.6) is 0 Å². The van der Waals surface area contributed by atoms with Gasteiger partial charge in [0, 0.05) is 30.4 Å². The molecule has 0 spiro atoms. The van der Waals surface area contributed by atoms with Crippen molar-refractivity contribution in [1.29, 1.82) is 0 Å². The number of carbonyl (C=O) groups excluding carboxylic acids is 1. The average Bonchev–Trinajstić information content (AvgIpc) is 2.35. The molecule has 6 heteroatoms. The molecule has 0 heterocycles. The Morgan fingerprint density at radius 2 is 1.52 bits per heavy atom. The zero-order valence-corrected chi connectivity index (χ0v) is 13.7. The van der Waals surface area contributed by atoms with Crippen LogP contribution in [0.15, 0.2) is 28.6 Å². The molecular formula is C15H24N2O4. The summed E-state index contributed by atoms with van der Waals surface area (Å²) in [5.74, 6) is -0.117. The van der Waals surface area contributed by atoms with Gasteiger partial charge in [-0.05, 0) is 15.7 Å². The van der Waals surface area contributed by atoms with Crippen LogP contribution >= 0.6 is 0 Å². The van der Waals surface area contributed by atoms with Crippen molar-refractivity contribution in [1.82, 2.24) is 0 Å². The highest BCUT2D eigenvalue weighted by molar-refractivity contribution is 6.11. The van der Waals surface area contributed by atoms with Crippen LogP contribution in [0, 0.1) is 16.0 Å². The fourth-order valence-corrected chi connectivity index (χ4v) is 2.22. The van der Waals surface area contributed by atoms with Gasteiger partial charge >= 0.3 is 5.72 Å². The highest BCUT2D eigenvalue weighted by atomic mass is 16.6. The van der Waals surface area contributed by atoms with Crippen LogP contribution in [0.3, 0.4) is 0 Å². The molecule has 0 aromatic heterocycles. The van der Waals surface area contributed by atoms with E-state index in [0.29, 0.717) is 11.1 Å². The molecule has 0 bridgehead atoms. The SMILES string of the molecule is COC1(/[N+]([O-])=N/O)C=C(C(C)(C)C)C(=O)C(C(C)(C)C)=C1. The predicted octanol–water partition coefficient (Wildman–Crippen LogP) is 3.21. The van der Waals surface area contributed by atoms with Gasteiger partial charge in [0.15, 0.2) is 5.78 Å². The van der Waals surface area contributed by atoms with E-state index in [1.807, 2.05) is 41.5 Å². The molecule has 0 unspecified atom stereocenters. The number of hydrogen-bond donors (Lipinski definition) is 1. The van der Waals surface area contributed by atoms with Gasteiger partial charge in [-0.15, -0.1) is 0 Å². The summed E-state index contributed by atoms with van der Waals surface area (Å²) >= 11 is 0. The van der Waals surface area contributed by atoms with Gasteiger partial charge in [0.05, 0.1) is 0 Å². The van der Waals surface area contributed by atoms with Gasteiger partial charge in [0.25, 0.3) is 0 Å². The third kappa shape index (κ3) is 3.15. The van der Waals surface area contributed by atoms with Crippen LogP contribution in [-0.2, 0) is 9.53 Å². The predicted molar refractivity (Wildman–Crippen MR) is 77.7 cm³/mol. The van der Waals surface area contributed by atoms with E-state index in [2.05, 4.69) is 5.28 Å². The zero-order chi connectivity index (χ0) is 16.6. The second-order valence-corrected chi connectivity index (χ2v) is 7.26. The standard InChI is InChI=1S/C15H24N2O4/c1-13(2,3)10-8-15(21-7,17(20)16-19)9-11(12(10)18)14(4,5)6/h8-9,19H,1-7H3/b17-16-. The molecule has 0 saturated heterocycles. The average molecular weight is 296 g/mol. The van der Waals surface area contributed by atoms with Crippen LogP contribution in [0.4, 0.5) is 0 Å². The molecule has 1 rings (SSSR count). The fourth-order valence-electron chi connectivity index (χ4n) is 2.22. The number of ether oxygens (including phenoxy) is 1. The van der Waals surface area contributed by atoms with E-state index in [1.54, 1.807) is 0 Å². The molecule has 21 heavy (non-hydrogen) atoms. The quantitative estimate of drug-likeness (QED) is 0.367. The molecule has 0 aromatic rings. The number of methoxy groups -OCH3 is 1. The lowest BCUT2D eigenvalue weighted by Gasteiger charge is -2.35. The number of Topliss-reactive ketones (excluding diaryl/α,β-unsaturated/α-hetero) is 1. The summed E-state index contributed by atoms with van der Waals surface area (Å²) < 4.78 is 5.29. The summed E-state index contributed by atoms with van der Waals surface area (Å²) in [4.78, 5) is 12.8. The maximum absolute atomic E-state index is 12.7. The summed E-state index contributed by atoms with van der Waals surface area (Å²) in [6.07, 6.45) is 2.86. The molecular weight excluding hydrogens is 272 g/mol. The lowest BCUT2D eigenvalue weighted by Crippen LogP contribution is -2.44. The van der Waals surface area contributed by atoms with Crippen molar-refractivity contribution < 1.29 is 19.6 Å². The van der Waals surface area contributed by atoms with Gasteiger partial charge in [-0.1, -0.05) is 41.5 Å². The number of hydrogen-bond acceptors (Lipinski definition) is 4. The second-order valence-electron chi connectivity index (χ2n) is 7.26. The van der Waals surface area contributed by atoms with Crippen molar-refractivity contribution in [3.8, 4) is 0 Å². The minimum Gasteiger partial charge on any atom is -0.594 e. The van der Waals surface area contributed by atoms with Crippen LogP contribution in [0.1, 0.15) is 41.5 Å². The summed E-state index contributed by atoms with van der Waals surface area (Å²) in [7, 11) is 1.33. The fraction of sp³-hybridized carbons (Fsp3) is 0.667.